The molecule has 0 aliphatic carbocycles. The van der Waals surface area contributed by atoms with Gasteiger partial charge in [0.25, 0.3) is 0 Å². The van der Waals surface area contributed by atoms with Crippen LogP contribution >= 0.6 is 0 Å². The summed E-state index contributed by atoms with van der Waals surface area (Å²) in [5.41, 5.74) is 5.93. The number of methoxy groups -OCH3 is 1. The summed E-state index contributed by atoms with van der Waals surface area (Å²) in [7, 11) is 1.64. The van der Waals surface area contributed by atoms with Gasteiger partial charge in [-0.3, -0.25) is 11.3 Å². The van der Waals surface area contributed by atoms with Gasteiger partial charge in [-0.1, -0.05) is 24.3 Å². The van der Waals surface area contributed by atoms with E-state index >= 15 is 0 Å². The number of hydrogen-bond donors (Lipinski definition) is 2. The van der Waals surface area contributed by atoms with E-state index in [2.05, 4.69) is 5.43 Å². The number of ether oxygens (including phenoxy) is 1. The summed E-state index contributed by atoms with van der Waals surface area (Å²) in [6.07, 6.45) is 0.663. The molecule has 3 N–H and O–H groups in total. The van der Waals surface area contributed by atoms with Crippen molar-refractivity contribution in [1.82, 2.24) is 5.43 Å². The van der Waals surface area contributed by atoms with Gasteiger partial charge in [-0.25, -0.2) is 4.39 Å². The molecular weight excluding hydrogens is 255 g/mol. The molecule has 1 unspecified atom stereocenters. The molecule has 2 aromatic rings. The van der Waals surface area contributed by atoms with Crippen molar-refractivity contribution in [2.45, 2.75) is 19.4 Å². The third-order valence-electron chi connectivity index (χ3n) is 3.32. The van der Waals surface area contributed by atoms with Crippen molar-refractivity contribution in [3.63, 3.8) is 0 Å². The number of hydrogen-bond acceptors (Lipinski definition) is 3. The molecule has 4 heteroatoms. The number of halogens is 1. The van der Waals surface area contributed by atoms with E-state index in [-0.39, 0.29) is 11.9 Å². The predicted octanol–water partition coefficient (Wildman–Crippen LogP) is 2.89. The van der Waals surface area contributed by atoms with Crippen LogP contribution in [-0.2, 0) is 6.42 Å². The zero-order valence-corrected chi connectivity index (χ0v) is 11.7. The van der Waals surface area contributed by atoms with Crippen molar-refractivity contribution in [2.24, 2.45) is 5.84 Å². The van der Waals surface area contributed by atoms with E-state index < -0.39 is 0 Å². The summed E-state index contributed by atoms with van der Waals surface area (Å²) >= 11 is 0. The van der Waals surface area contributed by atoms with Crippen LogP contribution in [-0.4, -0.2) is 7.11 Å². The van der Waals surface area contributed by atoms with Crippen molar-refractivity contribution in [3.8, 4) is 5.75 Å². The highest BCUT2D eigenvalue weighted by Crippen LogP contribution is 2.28. The summed E-state index contributed by atoms with van der Waals surface area (Å²) in [5, 5.41) is 0. The van der Waals surface area contributed by atoms with Gasteiger partial charge >= 0.3 is 0 Å². The van der Waals surface area contributed by atoms with Crippen molar-refractivity contribution < 1.29 is 9.13 Å². The molecular formula is C16H19FN2O. The zero-order chi connectivity index (χ0) is 14.5. The Kier molecular flexibility index (Phi) is 4.71. The predicted molar refractivity (Wildman–Crippen MR) is 77.9 cm³/mol. The number of nitrogens with two attached hydrogens (primary N) is 1. The summed E-state index contributed by atoms with van der Waals surface area (Å²) in [6.45, 7) is 2.01. The zero-order valence-electron chi connectivity index (χ0n) is 11.7. The summed E-state index contributed by atoms with van der Waals surface area (Å²) < 4.78 is 18.3. The summed E-state index contributed by atoms with van der Waals surface area (Å²) in [5.74, 6) is 6.23. The van der Waals surface area contributed by atoms with E-state index in [0.717, 1.165) is 22.4 Å². The molecule has 0 amide bonds. The number of aryl methyl sites for hydroxylation is 1. The molecule has 0 radical (unpaired) electrons. The number of nitrogens with one attached hydrogen (secondary N) is 1. The Morgan fingerprint density at radius 2 is 1.90 bits per heavy atom. The number of rotatable bonds is 5. The van der Waals surface area contributed by atoms with Gasteiger partial charge in [-0.15, -0.1) is 0 Å². The highest BCUT2D eigenvalue weighted by molar-refractivity contribution is 5.40. The van der Waals surface area contributed by atoms with Crippen LogP contribution in [0.1, 0.15) is 22.7 Å². The molecule has 0 saturated heterocycles. The third-order valence-corrected chi connectivity index (χ3v) is 3.32. The van der Waals surface area contributed by atoms with E-state index in [9.17, 15) is 4.39 Å². The lowest BCUT2D eigenvalue weighted by molar-refractivity contribution is 0.398. The van der Waals surface area contributed by atoms with Gasteiger partial charge < -0.3 is 4.74 Å². The topological polar surface area (TPSA) is 47.3 Å². The molecule has 0 spiro atoms. The lowest BCUT2D eigenvalue weighted by Crippen LogP contribution is -2.30. The van der Waals surface area contributed by atoms with Crippen LogP contribution in [0.4, 0.5) is 4.39 Å². The number of benzene rings is 2. The van der Waals surface area contributed by atoms with Gasteiger partial charge in [-0.2, -0.15) is 0 Å². The maximum atomic E-state index is 12.9. The quantitative estimate of drug-likeness (QED) is 0.651. The SMILES string of the molecule is COc1cc(C)ccc1C(Cc1ccc(F)cc1)NN. The molecule has 0 bridgehead atoms. The maximum Gasteiger partial charge on any atom is 0.123 e. The van der Waals surface area contributed by atoms with E-state index in [4.69, 9.17) is 10.6 Å². The first-order valence-corrected chi connectivity index (χ1v) is 6.49. The average Bonchev–Trinajstić information content (AvgIpc) is 2.47. The molecule has 20 heavy (non-hydrogen) atoms. The second-order valence-corrected chi connectivity index (χ2v) is 4.80. The van der Waals surface area contributed by atoms with Crippen molar-refractivity contribution in [3.05, 3.63) is 65.0 Å². The number of hydrazine groups is 1. The van der Waals surface area contributed by atoms with Crippen molar-refractivity contribution in [1.29, 1.82) is 0 Å². The van der Waals surface area contributed by atoms with Crippen LogP contribution in [0, 0.1) is 12.7 Å². The Morgan fingerprint density at radius 3 is 2.50 bits per heavy atom. The van der Waals surface area contributed by atoms with E-state index in [1.807, 2.05) is 25.1 Å². The Balaban J connectivity index is 2.26. The van der Waals surface area contributed by atoms with Crippen LogP contribution in [0.5, 0.6) is 5.75 Å². The molecule has 2 aromatic carbocycles. The third kappa shape index (κ3) is 3.35. The van der Waals surface area contributed by atoms with Gasteiger partial charge in [-0.05, 0) is 42.7 Å². The maximum absolute atomic E-state index is 12.9. The highest BCUT2D eigenvalue weighted by atomic mass is 19.1. The first-order valence-electron chi connectivity index (χ1n) is 6.49. The lowest BCUT2D eigenvalue weighted by Gasteiger charge is -2.19. The molecule has 0 saturated carbocycles. The van der Waals surface area contributed by atoms with Crippen LogP contribution in [0.25, 0.3) is 0 Å². The smallest absolute Gasteiger partial charge is 0.123 e. The second kappa shape index (κ2) is 6.50. The van der Waals surface area contributed by atoms with Crippen LogP contribution in [0.3, 0.4) is 0 Å². The molecule has 0 fully saturated rings. The Hall–Kier alpha value is -1.91. The van der Waals surface area contributed by atoms with E-state index in [1.54, 1.807) is 19.2 Å². The fourth-order valence-corrected chi connectivity index (χ4v) is 2.22. The van der Waals surface area contributed by atoms with Gasteiger partial charge in [0.2, 0.25) is 0 Å². The van der Waals surface area contributed by atoms with Gasteiger partial charge in [0, 0.05) is 5.56 Å². The van der Waals surface area contributed by atoms with Crippen LogP contribution in [0.2, 0.25) is 0 Å². The summed E-state index contributed by atoms with van der Waals surface area (Å²) in [6, 6.07) is 12.3. The minimum Gasteiger partial charge on any atom is -0.496 e. The lowest BCUT2D eigenvalue weighted by atomic mass is 9.97. The first kappa shape index (κ1) is 14.5. The largest absolute Gasteiger partial charge is 0.496 e. The Morgan fingerprint density at radius 1 is 1.20 bits per heavy atom. The molecule has 106 valence electrons. The van der Waals surface area contributed by atoms with Gasteiger partial charge in [0.1, 0.15) is 11.6 Å². The standard InChI is InChI=1S/C16H19FN2O/c1-11-3-8-14(16(9-11)20-2)15(19-18)10-12-4-6-13(17)7-5-12/h3-9,15,19H,10,18H2,1-2H3. The fourth-order valence-electron chi connectivity index (χ4n) is 2.22. The van der Waals surface area contributed by atoms with Gasteiger partial charge in [0.15, 0.2) is 0 Å². The van der Waals surface area contributed by atoms with Crippen molar-refractivity contribution >= 4 is 0 Å². The molecule has 3 nitrogen and oxygen atoms in total. The summed E-state index contributed by atoms with van der Waals surface area (Å²) in [4.78, 5) is 0. The molecule has 2 rings (SSSR count). The second-order valence-electron chi connectivity index (χ2n) is 4.80. The highest BCUT2D eigenvalue weighted by Gasteiger charge is 2.15. The van der Waals surface area contributed by atoms with Crippen LogP contribution in [0.15, 0.2) is 42.5 Å². The normalized spacial score (nSPS) is 12.2. The first-order chi connectivity index (χ1) is 9.63. The molecule has 0 aliphatic rings. The van der Waals surface area contributed by atoms with E-state index in [1.165, 1.54) is 12.1 Å². The van der Waals surface area contributed by atoms with Gasteiger partial charge in [0.05, 0.1) is 13.2 Å². The molecule has 1 atom stereocenters. The molecule has 0 heterocycles. The minimum absolute atomic E-state index is 0.0870. The average molecular weight is 274 g/mol. The molecule has 0 aromatic heterocycles. The van der Waals surface area contributed by atoms with Crippen LogP contribution < -0.4 is 16.0 Å². The van der Waals surface area contributed by atoms with Crippen molar-refractivity contribution in [2.75, 3.05) is 7.11 Å². The molecule has 0 aliphatic heterocycles. The fraction of sp³-hybridized carbons (Fsp3) is 0.250. The minimum atomic E-state index is -0.237. The Labute approximate surface area is 118 Å². The van der Waals surface area contributed by atoms with E-state index in [0.29, 0.717) is 6.42 Å². The monoisotopic (exact) mass is 274 g/mol. The Bertz CT molecular complexity index is 569.